The minimum absolute atomic E-state index is 0.269. The summed E-state index contributed by atoms with van der Waals surface area (Å²) in [6.07, 6.45) is 6.75. The van der Waals surface area contributed by atoms with Crippen LogP contribution in [0.15, 0.2) is 6.20 Å². The van der Waals surface area contributed by atoms with Crippen LogP contribution in [-0.4, -0.2) is 15.5 Å². The number of aromatic nitrogens is 2. The van der Waals surface area contributed by atoms with Crippen molar-refractivity contribution in [1.29, 1.82) is 0 Å². The molecule has 1 fully saturated rings. The molecule has 1 heterocycles. The highest BCUT2D eigenvalue weighted by atomic mass is 15.1. The predicted molar refractivity (Wildman–Crippen MR) is 62.0 cm³/mol. The van der Waals surface area contributed by atoms with Gasteiger partial charge in [-0.1, -0.05) is 6.92 Å². The van der Waals surface area contributed by atoms with Crippen LogP contribution in [0.25, 0.3) is 0 Å². The third-order valence-corrected chi connectivity index (χ3v) is 3.24. The van der Waals surface area contributed by atoms with E-state index in [0.717, 1.165) is 18.1 Å². The molecule has 3 heteroatoms. The van der Waals surface area contributed by atoms with Crippen LogP contribution in [0.5, 0.6) is 0 Å². The molecule has 15 heavy (non-hydrogen) atoms. The molecule has 1 saturated carbocycles. The Bertz CT molecular complexity index is 356. The molecule has 2 rings (SSSR count). The SMILES string of the molecule is CCc1cnc(C)nc1NC1(C)CCC1. The summed E-state index contributed by atoms with van der Waals surface area (Å²) in [4.78, 5) is 8.72. The highest BCUT2D eigenvalue weighted by molar-refractivity contribution is 5.45. The van der Waals surface area contributed by atoms with E-state index in [4.69, 9.17) is 0 Å². The predicted octanol–water partition coefficient (Wildman–Crippen LogP) is 2.70. The molecule has 0 atom stereocenters. The Morgan fingerprint density at radius 3 is 2.73 bits per heavy atom. The van der Waals surface area contributed by atoms with Crippen molar-refractivity contribution in [3.63, 3.8) is 0 Å². The van der Waals surface area contributed by atoms with Crippen LogP contribution >= 0.6 is 0 Å². The van der Waals surface area contributed by atoms with Gasteiger partial charge in [0.2, 0.25) is 0 Å². The van der Waals surface area contributed by atoms with Crippen molar-refractivity contribution in [2.75, 3.05) is 5.32 Å². The van der Waals surface area contributed by atoms with Crippen molar-refractivity contribution < 1.29 is 0 Å². The van der Waals surface area contributed by atoms with Crippen molar-refractivity contribution >= 4 is 5.82 Å². The number of nitrogens with zero attached hydrogens (tertiary/aromatic N) is 2. The van der Waals surface area contributed by atoms with E-state index in [9.17, 15) is 0 Å². The molecule has 0 aliphatic heterocycles. The Balaban J connectivity index is 2.21. The van der Waals surface area contributed by atoms with Gasteiger partial charge in [0, 0.05) is 17.3 Å². The fourth-order valence-electron chi connectivity index (χ4n) is 1.98. The zero-order valence-electron chi connectivity index (χ0n) is 9.80. The summed E-state index contributed by atoms with van der Waals surface area (Å²) in [5.41, 5.74) is 1.48. The number of nitrogens with one attached hydrogen (secondary N) is 1. The molecule has 1 aromatic rings. The zero-order valence-corrected chi connectivity index (χ0v) is 9.80. The fourth-order valence-corrected chi connectivity index (χ4v) is 1.98. The molecule has 0 amide bonds. The highest BCUT2D eigenvalue weighted by Gasteiger charge is 2.32. The van der Waals surface area contributed by atoms with Gasteiger partial charge in [0.05, 0.1) is 0 Å². The van der Waals surface area contributed by atoms with Gasteiger partial charge in [-0.25, -0.2) is 9.97 Å². The van der Waals surface area contributed by atoms with Crippen LogP contribution in [0.4, 0.5) is 5.82 Å². The van der Waals surface area contributed by atoms with E-state index in [-0.39, 0.29) is 5.54 Å². The lowest BCUT2D eigenvalue weighted by molar-refractivity contribution is 0.305. The molecule has 0 saturated heterocycles. The van der Waals surface area contributed by atoms with E-state index in [1.165, 1.54) is 24.8 Å². The summed E-state index contributed by atoms with van der Waals surface area (Å²) in [5, 5.41) is 3.56. The molecule has 1 aromatic heterocycles. The molecule has 3 nitrogen and oxygen atoms in total. The zero-order chi connectivity index (χ0) is 10.9. The lowest BCUT2D eigenvalue weighted by Gasteiger charge is -2.40. The maximum atomic E-state index is 4.49. The molecule has 0 bridgehead atoms. The highest BCUT2D eigenvalue weighted by Crippen LogP contribution is 2.34. The second kappa shape index (κ2) is 3.80. The quantitative estimate of drug-likeness (QED) is 0.824. The number of hydrogen-bond donors (Lipinski definition) is 1. The van der Waals surface area contributed by atoms with Crippen molar-refractivity contribution in [3.8, 4) is 0 Å². The summed E-state index contributed by atoms with van der Waals surface area (Å²) >= 11 is 0. The molecule has 0 radical (unpaired) electrons. The second-order valence-corrected chi connectivity index (χ2v) is 4.68. The average molecular weight is 205 g/mol. The van der Waals surface area contributed by atoms with Gasteiger partial charge in [-0.3, -0.25) is 0 Å². The minimum Gasteiger partial charge on any atom is -0.365 e. The molecule has 0 unspecified atom stereocenters. The molecule has 1 N–H and O–H groups in total. The van der Waals surface area contributed by atoms with E-state index < -0.39 is 0 Å². The molecule has 0 spiro atoms. The van der Waals surface area contributed by atoms with Gasteiger partial charge in [-0.15, -0.1) is 0 Å². The molecule has 1 aliphatic rings. The largest absolute Gasteiger partial charge is 0.365 e. The Labute approximate surface area is 91.3 Å². The maximum absolute atomic E-state index is 4.49. The van der Waals surface area contributed by atoms with Gasteiger partial charge in [-0.2, -0.15) is 0 Å². The first-order valence-electron chi connectivity index (χ1n) is 5.74. The monoisotopic (exact) mass is 205 g/mol. The summed E-state index contributed by atoms with van der Waals surface area (Å²) in [5.74, 6) is 1.88. The molecule has 1 aliphatic carbocycles. The third kappa shape index (κ3) is 2.11. The van der Waals surface area contributed by atoms with Gasteiger partial charge >= 0.3 is 0 Å². The Hall–Kier alpha value is -1.12. The van der Waals surface area contributed by atoms with Gasteiger partial charge in [0.1, 0.15) is 11.6 Å². The van der Waals surface area contributed by atoms with E-state index in [1.54, 1.807) is 0 Å². The van der Waals surface area contributed by atoms with Gasteiger partial charge < -0.3 is 5.32 Å². The average Bonchev–Trinajstić information content (AvgIpc) is 2.16. The lowest BCUT2D eigenvalue weighted by atomic mass is 9.78. The normalized spacial score (nSPS) is 18.3. The van der Waals surface area contributed by atoms with Crippen LogP contribution in [0.3, 0.4) is 0 Å². The van der Waals surface area contributed by atoms with Crippen LogP contribution in [0.1, 0.15) is 44.5 Å². The lowest BCUT2D eigenvalue weighted by Crippen LogP contribution is -2.42. The number of rotatable bonds is 3. The van der Waals surface area contributed by atoms with Crippen LogP contribution in [-0.2, 0) is 6.42 Å². The Morgan fingerprint density at radius 2 is 2.20 bits per heavy atom. The van der Waals surface area contributed by atoms with E-state index in [1.807, 2.05) is 13.1 Å². The summed E-state index contributed by atoms with van der Waals surface area (Å²) in [7, 11) is 0. The van der Waals surface area contributed by atoms with Crippen LogP contribution in [0.2, 0.25) is 0 Å². The number of aryl methyl sites for hydroxylation is 2. The summed E-state index contributed by atoms with van der Waals surface area (Å²) < 4.78 is 0. The smallest absolute Gasteiger partial charge is 0.133 e. The third-order valence-electron chi connectivity index (χ3n) is 3.24. The van der Waals surface area contributed by atoms with Gasteiger partial charge in [-0.05, 0) is 39.5 Å². The van der Waals surface area contributed by atoms with E-state index in [2.05, 4.69) is 29.1 Å². The molecule has 0 aromatic carbocycles. The van der Waals surface area contributed by atoms with Crippen molar-refractivity contribution in [1.82, 2.24) is 9.97 Å². The van der Waals surface area contributed by atoms with E-state index in [0.29, 0.717) is 0 Å². The summed E-state index contributed by atoms with van der Waals surface area (Å²) in [6.45, 7) is 6.35. The summed E-state index contributed by atoms with van der Waals surface area (Å²) in [6, 6.07) is 0. The first-order valence-corrected chi connectivity index (χ1v) is 5.74. The van der Waals surface area contributed by atoms with Crippen LogP contribution < -0.4 is 5.32 Å². The maximum Gasteiger partial charge on any atom is 0.133 e. The van der Waals surface area contributed by atoms with Gasteiger partial charge in [0.25, 0.3) is 0 Å². The second-order valence-electron chi connectivity index (χ2n) is 4.68. The Morgan fingerprint density at radius 1 is 1.47 bits per heavy atom. The first-order chi connectivity index (χ1) is 7.13. The minimum atomic E-state index is 0.269. The molecular formula is C12H19N3. The number of anilines is 1. The molecular weight excluding hydrogens is 186 g/mol. The van der Waals surface area contributed by atoms with Crippen LogP contribution in [0, 0.1) is 6.92 Å². The first kappa shape index (κ1) is 10.4. The van der Waals surface area contributed by atoms with Crippen molar-refractivity contribution in [2.24, 2.45) is 0 Å². The van der Waals surface area contributed by atoms with Crippen molar-refractivity contribution in [3.05, 3.63) is 17.6 Å². The fraction of sp³-hybridized carbons (Fsp3) is 0.667. The Kier molecular flexibility index (Phi) is 2.63. The van der Waals surface area contributed by atoms with Crippen molar-refractivity contribution in [2.45, 2.75) is 52.0 Å². The topological polar surface area (TPSA) is 37.8 Å². The number of hydrogen-bond acceptors (Lipinski definition) is 3. The van der Waals surface area contributed by atoms with Gasteiger partial charge in [0.15, 0.2) is 0 Å². The van der Waals surface area contributed by atoms with E-state index >= 15 is 0 Å². The standard InChI is InChI=1S/C12H19N3/c1-4-10-8-13-9(2)14-11(10)15-12(3)6-5-7-12/h8H,4-7H2,1-3H3,(H,13,14,15). The molecule has 82 valence electrons.